The van der Waals surface area contributed by atoms with Crippen molar-refractivity contribution in [2.24, 2.45) is 0 Å². The van der Waals surface area contributed by atoms with Crippen LogP contribution in [-0.2, 0) is 11.3 Å². The number of halogens is 1. The fourth-order valence-corrected chi connectivity index (χ4v) is 1.76. The molecule has 0 saturated carbocycles. The molecular weight excluding hydrogens is 274 g/mol. The van der Waals surface area contributed by atoms with Crippen molar-refractivity contribution in [2.45, 2.75) is 6.54 Å². The van der Waals surface area contributed by atoms with Crippen molar-refractivity contribution in [1.82, 2.24) is 4.90 Å². The van der Waals surface area contributed by atoms with Crippen molar-refractivity contribution >= 4 is 22.0 Å². The average Bonchev–Trinajstić information content (AvgIpc) is 2.28. The van der Waals surface area contributed by atoms with Crippen LogP contribution >= 0.6 is 15.9 Å². The molecule has 0 heterocycles. The maximum atomic E-state index is 11.3. The van der Waals surface area contributed by atoms with Crippen LogP contribution in [0.5, 0.6) is 5.75 Å². The molecule has 0 fully saturated rings. The van der Waals surface area contributed by atoms with Crippen molar-refractivity contribution in [3.63, 3.8) is 0 Å². The number of hydrogen-bond donors (Lipinski definition) is 0. The van der Waals surface area contributed by atoms with Crippen molar-refractivity contribution in [3.8, 4) is 5.75 Å². The molecule has 16 heavy (non-hydrogen) atoms. The van der Waals surface area contributed by atoms with E-state index in [0.717, 1.165) is 15.8 Å². The van der Waals surface area contributed by atoms with E-state index >= 15 is 0 Å². The number of carbonyl (C=O) groups is 1. The van der Waals surface area contributed by atoms with E-state index < -0.39 is 0 Å². The topological polar surface area (TPSA) is 38.8 Å². The van der Waals surface area contributed by atoms with E-state index in [2.05, 4.69) is 20.7 Å². The van der Waals surface area contributed by atoms with Crippen molar-refractivity contribution < 1.29 is 14.3 Å². The van der Waals surface area contributed by atoms with E-state index in [1.807, 2.05) is 18.2 Å². The number of hydrogen-bond acceptors (Lipinski definition) is 3. The summed E-state index contributed by atoms with van der Waals surface area (Å²) >= 11 is 3.38. The molecule has 1 amide bonds. The van der Waals surface area contributed by atoms with Crippen molar-refractivity contribution in [3.05, 3.63) is 28.2 Å². The fraction of sp³-hybridized carbons (Fsp3) is 0.364. The SMILES string of the molecule is COC(=O)N(C)Cc1cc(Br)ccc1OC. The van der Waals surface area contributed by atoms with E-state index in [-0.39, 0.29) is 6.09 Å². The Bertz CT molecular complexity index is 381. The van der Waals surface area contributed by atoms with Crippen LogP contribution in [-0.4, -0.2) is 32.3 Å². The number of amides is 1. The maximum Gasteiger partial charge on any atom is 0.409 e. The Morgan fingerprint density at radius 3 is 2.69 bits per heavy atom. The second kappa shape index (κ2) is 5.75. The minimum atomic E-state index is -0.373. The highest BCUT2D eigenvalue weighted by Crippen LogP contribution is 2.24. The van der Waals surface area contributed by atoms with Crippen molar-refractivity contribution in [2.75, 3.05) is 21.3 Å². The van der Waals surface area contributed by atoms with E-state index in [4.69, 9.17) is 4.74 Å². The highest BCUT2D eigenvalue weighted by molar-refractivity contribution is 9.10. The summed E-state index contributed by atoms with van der Waals surface area (Å²) in [7, 11) is 4.63. The molecule has 88 valence electrons. The second-order valence-corrected chi connectivity index (χ2v) is 4.20. The molecule has 0 radical (unpaired) electrons. The predicted octanol–water partition coefficient (Wildman–Crippen LogP) is 2.66. The van der Waals surface area contributed by atoms with Gasteiger partial charge in [-0.05, 0) is 18.2 Å². The van der Waals surface area contributed by atoms with E-state index in [1.54, 1.807) is 14.2 Å². The maximum absolute atomic E-state index is 11.3. The molecule has 0 aliphatic heterocycles. The van der Waals surface area contributed by atoms with Crippen LogP contribution < -0.4 is 4.74 Å². The molecular formula is C11H14BrNO3. The van der Waals surface area contributed by atoms with Gasteiger partial charge in [0, 0.05) is 17.1 Å². The summed E-state index contributed by atoms with van der Waals surface area (Å²) in [4.78, 5) is 12.7. The zero-order valence-electron chi connectivity index (χ0n) is 9.49. The Morgan fingerprint density at radius 1 is 1.44 bits per heavy atom. The predicted molar refractivity (Wildman–Crippen MR) is 64.6 cm³/mol. The Hall–Kier alpha value is -1.23. The van der Waals surface area contributed by atoms with Crippen LogP contribution in [0.15, 0.2) is 22.7 Å². The number of benzene rings is 1. The lowest BCUT2D eigenvalue weighted by Gasteiger charge is -2.17. The Labute approximate surface area is 103 Å². The Kier molecular flexibility index (Phi) is 4.61. The van der Waals surface area contributed by atoms with Gasteiger partial charge in [0.2, 0.25) is 0 Å². The van der Waals surface area contributed by atoms with E-state index in [9.17, 15) is 4.79 Å². The summed E-state index contributed by atoms with van der Waals surface area (Å²) in [6.07, 6.45) is -0.373. The molecule has 4 nitrogen and oxygen atoms in total. The average molecular weight is 288 g/mol. The third-order valence-electron chi connectivity index (χ3n) is 2.14. The van der Waals surface area contributed by atoms with Gasteiger partial charge in [0.05, 0.1) is 20.8 Å². The first-order valence-electron chi connectivity index (χ1n) is 4.70. The molecule has 0 bridgehead atoms. The molecule has 0 aromatic heterocycles. The molecule has 1 rings (SSSR count). The summed E-state index contributed by atoms with van der Waals surface area (Å²) in [5.41, 5.74) is 0.921. The van der Waals surface area contributed by atoms with E-state index in [0.29, 0.717) is 6.54 Å². The van der Waals surface area contributed by atoms with Crippen LogP contribution in [0.3, 0.4) is 0 Å². The molecule has 5 heteroatoms. The zero-order valence-corrected chi connectivity index (χ0v) is 11.1. The molecule has 0 N–H and O–H groups in total. The summed E-state index contributed by atoms with van der Waals surface area (Å²) in [5, 5.41) is 0. The first kappa shape index (κ1) is 12.8. The Balaban J connectivity index is 2.86. The van der Waals surface area contributed by atoms with Gasteiger partial charge in [-0.2, -0.15) is 0 Å². The number of rotatable bonds is 3. The van der Waals surface area contributed by atoms with Gasteiger partial charge in [0.25, 0.3) is 0 Å². The lowest BCUT2D eigenvalue weighted by atomic mass is 10.2. The molecule has 0 saturated heterocycles. The second-order valence-electron chi connectivity index (χ2n) is 3.28. The minimum Gasteiger partial charge on any atom is -0.496 e. The van der Waals surface area contributed by atoms with Gasteiger partial charge in [-0.3, -0.25) is 0 Å². The highest BCUT2D eigenvalue weighted by atomic mass is 79.9. The summed E-state index contributed by atoms with van der Waals surface area (Å²) in [6, 6.07) is 5.66. The summed E-state index contributed by atoms with van der Waals surface area (Å²) in [6.45, 7) is 0.440. The first-order valence-corrected chi connectivity index (χ1v) is 5.49. The number of nitrogens with zero attached hydrogens (tertiary/aromatic N) is 1. The van der Waals surface area contributed by atoms with Gasteiger partial charge in [0.1, 0.15) is 5.75 Å². The van der Waals surface area contributed by atoms with E-state index in [1.165, 1.54) is 12.0 Å². The monoisotopic (exact) mass is 287 g/mol. The van der Waals surface area contributed by atoms with Gasteiger partial charge in [0.15, 0.2) is 0 Å². The van der Waals surface area contributed by atoms with Crippen LogP contribution in [0.4, 0.5) is 4.79 Å². The van der Waals surface area contributed by atoms with Gasteiger partial charge >= 0.3 is 6.09 Å². The third kappa shape index (κ3) is 3.13. The highest BCUT2D eigenvalue weighted by Gasteiger charge is 2.12. The van der Waals surface area contributed by atoms with Gasteiger partial charge in [-0.15, -0.1) is 0 Å². The lowest BCUT2D eigenvalue weighted by Crippen LogP contribution is -2.26. The molecule has 0 aliphatic rings. The molecule has 0 aliphatic carbocycles. The van der Waals surface area contributed by atoms with Gasteiger partial charge in [-0.25, -0.2) is 4.79 Å². The number of methoxy groups -OCH3 is 2. The lowest BCUT2D eigenvalue weighted by molar-refractivity contribution is 0.131. The zero-order chi connectivity index (χ0) is 12.1. The minimum absolute atomic E-state index is 0.373. The normalized spacial score (nSPS) is 9.75. The number of carbonyl (C=O) groups excluding carboxylic acids is 1. The molecule has 0 unspecified atom stereocenters. The quantitative estimate of drug-likeness (QED) is 0.858. The molecule has 0 spiro atoms. The summed E-state index contributed by atoms with van der Waals surface area (Å²) in [5.74, 6) is 0.749. The first-order chi connectivity index (χ1) is 7.58. The Morgan fingerprint density at radius 2 is 2.12 bits per heavy atom. The fourth-order valence-electron chi connectivity index (χ4n) is 1.35. The van der Waals surface area contributed by atoms with Crippen LogP contribution in [0.1, 0.15) is 5.56 Å². The summed E-state index contributed by atoms with van der Waals surface area (Å²) < 4.78 is 10.8. The van der Waals surface area contributed by atoms with Gasteiger partial charge in [-0.1, -0.05) is 15.9 Å². The standard InChI is InChI=1S/C11H14BrNO3/c1-13(11(14)16-3)7-8-6-9(12)4-5-10(8)15-2/h4-6H,7H2,1-3H3. The van der Waals surface area contributed by atoms with Crippen molar-refractivity contribution in [1.29, 1.82) is 0 Å². The smallest absolute Gasteiger partial charge is 0.409 e. The van der Waals surface area contributed by atoms with Crippen LogP contribution in [0.25, 0.3) is 0 Å². The third-order valence-corrected chi connectivity index (χ3v) is 2.63. The molecule has 1 aromatic rings. The molecule has 1 aromatic carbocycles. The number of ether oxygens (including phenoxy) is 2. The van der Waals surface area contributed by atoms with Crippen LogP contribution in [0, 0.1) is 0 Å². The molecule has 0 atom stereocenters. The van der Waals surface area contributed by atoms with Crippen LogP contribution in [0.2, 0.25) is 0 Å². The largest absolute Gasteiger partial charge is 0.496 e. The van der Waals surface area contributed by atoms with Gasteiger partial charge < -0.3 is 14.4 Å².